The first-order chi connectivity index (χ1) is 8.09. The van der Waals surface area contributed by atoms with Crippen LogP contribution in [-0.2, 0) is 5.41 Å². The molecule has 2 nitrogen and oxygen atoms in total. The Morgan fingerprint density at radius 2 is 1.94 bits per heavy atom. The lowest BCUT2D eigenvalue weighted by atomic mass is 9.69. The molecule has 1 aliphatic rings. The lowest BCUT2D eigenvalue weighted by Gasteiger charge is -2.37. The lowest BCUT2D eigenvalue weighted by Crippen LogP contribution is -2.38. The molecule has 17 heavy (non-hydrogen) atoms. The van der Waals surface area contributed by atoms with Crippen LogP contribution < -0.4 is 5.73 Å². The van der Waals surface area contributed by atoms with Gasteiger partial charge in [0.05, 0.1) is 0 Å². The first-order valence-corrected chi connectivity index (χ1v) is 6.29. The topological polar surface area (TPSA) is 46.2 Å². The number of aromatic hydroxyl groups is 1. The normalized spacial score (nSPS) is 19.2. The van der Waals surface area contributed by atoms with Gasteiger partial charge in [0.25, 0.3) is 0 Å². The van der Waals surface area contributed by atoms with Crippen molar-refractivity contribution < 1.29 is 9.50 Å². The summed E-state index contributed by atoms with van der Waals surface area (Å²) >= 11 is 0. The second-order valence-corrected chi connectivity index (χ2v) is 5.19. The zero-order chi connectivity index (χ0) is 12.5. The molecule has 0 atom stereocenters. The van der Waals surface area contributed by atoms with Crippen LogP contribution in [0.4, 0.5) is 4.39 Å². The van der Waals surface area contributed by atoms with Gasteiger partial charge < -0.3 is 10.8 Å². The minimum absolute atomic E-state index is 0.251. The summed E-state index contributed by atoms with van der Waals surface area (Å²) < 4.78 is 14.1. The van der Waals surface area contributed by atoms with Crippen LogP contribution in [-0.4, -0.2) is 11.7 Å². The van der Waals surface area contributed by atoms with Crippen molar-refractivity contribution in [2.75, 3.05) is 6.54 Å². The summed E-state index contributed by atoms with van der Waals surface area (Å²) in [4.78, 5) is 0. The number of hydrogen-bond donors (Lipinski definition) is 2. The molecule has 0 bridgehead atoms. The predicted octanol–water partition coefficient (Wildman–Crippen LogP) is 3.00. The van der Waals surface area contributed by atoms with Crippen molar-refractivity contribution in [3.63, 3.8) is 0 Å². The first kappa shape index (κ1) is 12.4. The summed E-state index contributed by atoms with van der Waals surface area (Å²) in [5.74, 6) is -0.735. The van der Waals surface area contributed by atoms with E-state index in [1.54, 1.807) is 0 Å². The highest BCUT2D eigenvalue weighted by molar-refractivity contribution is 5.40. The maximum Gasteiger partial charge on any atom is 0.168 e. The Bertz CT molecular complexity index is 411. The van der Waals surface area contributed by atoms with Gasteiger partial charge in [0.1, 0.15) is 0 Å². The number of halogens is 1. The Kier molecular flexibility index (Phi) is 3.38. The van der Waals surface area contributed by atoms with E-state index in [-0.39, 0.29) is 11.2 Å². The van der Waals surface area contributed by atoms with Crippen LogP contribution in [0.3, 0.4) is 0 Å². The predicted molar refractivity (Wildman–Crippen MR) is 66.6 cm³/mol. The molecule has 1 saturated carbocycles. The van der Waals surface area contributed by atoms with Crippen LogP contribution in [0.25, 0.3) is 0 Å². The van der Waals surface area contributed by atoms with Gasteiger partial charge in [0.2, 0.25) is 0 Å². The molecule has 0 radical (unpaired) electrons. The molecule has 0 heterocycles. The fourth-order valence-electron chi connectivity index (χ4n) is 2.95. The van der Waals surface area contributed by atoms with E-state index in [2.05, 4.69) is 0 Å². The Labute approximate surface area is 102 Å². The number of aryl methyl sites for hydroxylation is 1. The Morgan fingerprint density at radius 3 is 2.53 bits per heavy atom. The van der Waals surface area contributed by atoms with E-state index in [1.807, 2.05) is 13.0 Å². The summed E-state index contributed by atoms with van der Waals surface area (Å²) in [5.41, 5.74) is 7.11. The number of rotatable bonds is 2. The molecule has 0 unspecified atom stereocenters. The van der Waals surface area contributed by atoms with E-state index < -0.39 is 5.82 Å². The van der Waals surface area contributed by atoms with Crippen molar-refractivity contribution in [1.82, 2.24) is 0 Å². The molecular formula is C14H20FNO. The van der Waals surface area contributed by atoms with Gasteiger partial charge in [0, 0.05) is 12.0 Å². The second kappa shape index (κ2) is 4.65. The molecule has 94 valence electrons. The van der Waals surface area contributed by atoms with Crippen LogP contribution in [0, 0.1) is 12.7 Å². The van der Waals surface area contributed by atoms with Crippen LogP contribution in [0.2, 0.25) is 0 Å². The van der Waals surface area contributed by atoms with Gasteiger partial charge in [-0.15, -0.1) is 0 Å². The largest absolute Gasteiger partial charge is 0.505 e. The number of phenolic OH excluding ortho intramolecular Hbond substituents is 1. The van der Waals surface area contributed by atoms with E-state index in [0.29, 0.717) is 12.1 Å². The molecule has 1 aromatic carbocycles. The fourth-order valence-corrected chi connectivity index (χ4v) is 2.95. The first-order valence-electron chi connectivity index (χ1n) is 6.29. The Morgan fingerprint density at radius 1 is 1.29 bits per heavy atom. The molecule has 3 N–H and O–H groups in total. The standard InChI is InChI=1S/C14H20FNO/c1-10-7-11(13(15)12(17)8-10)14(9-16)5-3-2-4-6-14/h7-8,17H,2-6,9,16H2,1H3. The quantitative estimate of drug-likeness (QED) is 0.830. The SMILES string of the molecule is Cc1cc(O)c(F)c(C2(CN)CCCCC2)c1. The van der Waals surface area contributed by atoms with Crippen molar-refractivity contribution in [2.45, 2.75) is 44.4 Å². The third kappa shape index (κ3) is 2.16. The number of benzene rings is 1. The summed E-state index contributed by atoms with van der Waals surface area (Å²) in [6.07, 6.45) is 5.21. The van der Waals surface area contributed by atoms with Crippen LogP contribution >= 0.6 is 0 Å². The minimum atomic E-state index is -0.483. The third-order valence-electron chi connectivity index (χ3n) is 3.97. The lowest BCUT2D eigenvalue weighted by molar-refractivity contribution is 0.287. The van der Waals surface area contributed by atoms with E-state index in [9.17, 15) is 9.50 Å². The minimum Gasteiger partial charge on any atom is -0.505 e. The molecule has 0 aliphatic heterocycles. The molecule has 0 amide bonds. The van der Waals surface area contributed by atoms with Gasteiger partial charge in [-0.3, -0.25) is 0 Å². The molecule has 0 aromatic heterocycles. The summed E-state index contributed by atoms with van der Waals surface area (Å²) in [7, 11) is 0. The van der Waals surface area contributed by atoms with Gasteiger partial charge in [-0.1, -0.05) is 25.3 Å². The maximum atomic E-state index is 14.1. The van der Waals surface area contributed by atoms with Crippen molar-refractivity contribution in [3.05, 3.63) is 29.1 Å². The van der Waals surface area contributed by atoms with Crippen LogP contribution in [0.15, 0.2) is 12.1 Å². The third-order valence-corrected chi connectivity index (χ3v) is 3.97. The average Bonchev–Trinajstić information content (AvgIpc) is 2.34. The maximum absolute atomic E-state index is 14.1. The molecule has 2 rings (SSSR count). The monoisotopic (exact) mass is 237 g/mol. The number of phenols is 1. The van der Waals surface area contributed by atoms with Crippen molar-refractivity contribution >= 4 is 0 Å². The Balaban J connectivity index is 2.49. The molecule has 0 saturated heterocycles. The van der Waals surface area contributed by atoms with Gasteiger partial charge in [-0.05, 0) is 37.0 Å². The van der Waals surface area contributed by atoms with Crippen molar-refractivity contribution in [3.8, 4) is 5.75 Å². The molecule has 3 heteroatoms. The summed E-state index contributed by atoms with van der Waals surface area (Å²) in [6, 6.07) is 3.30. The highest BCUT2D eigenvalue weighted by atomic mass is 19.1. The zero-order valence-corrected chi connectivity index (χ0v) is 10.3. The number of nitrogens with two attached hydrogens (primary N) is 1. The van der Waals surface area contributed by atoms with Gasteiger partial charge in [-0.25, -0.2) is 4.39 Å². The second-order valence-electron chi connectivity index (χ2n) is 5.19. The molecule has 1 aliphatic carbocycles. The zero-order valence-electron chi connectivity index (χ0n) is 10.3. The summed E-state index contributed by atoms with van der Waals surface area (Å²) in [6.45, 7) is 2.32. The molecule has 0 spiro atoms. The van der Waals surface area contributed by atoms with Gasteiger partial charge in [-0.2, -0.15) is 0 Å². The van der Waals surface area contributed by atoms with Crippen molar-refractivity contribution in [2.24, 2.45) is 5.73 Å². The molecule has 1 aromatic rings. The van der Waals surface area contributed by atoms with E-state index in [4.69, 9.17) is 5.73 Å². The summed E-state index contributed by atoms with van der Waals surface area (Å²) in [5, 5.41) is 9.61. The molecule has 1 fully saturated rings. The van der Waals surface area contributed by atoms with Crippen molar-refractivity contribution in [1.29, 1.82) is 0 Å². The Hall–Kier alpha value is -1.09. The highest BCUT2D eigenvalue weighted by Crippen LogP contribution is 2.41. The van der Waals surface area contributed by atoms with Crippen LogP contribution in [0.5, 0.6) is 5.75 Å². The van der Waals surface area contributed by atoms with E-state index in [1.165, 1.54) is 12.5 Å². The smallest absolute Gasteiger partial charge is 0.168 e. The fraction of sp³-hybridized carbons (Fsp3) is 0.571. The highest BCUT2D eigenvalue weighted by Gasteiger charge is 2.35. The average molecular weight is 237 g/mol. The number of hydrogen-bond acceptors (Lipinski definition) is 2. The van der Waals surface area contributed by atoms with Crippen LogP contribution in [0.1, 0.15) is 43.2 Å². The van der Waals surface area contributed by atoms with E-state index in [0.717, 1.165) is 31.2 Å². The van der Waals surface area contributed by atoms with Gasteiger partial charge in [0.15, 0.2) is 11.6 Å². The molecular weight excluding hydrogens is 217 g/mol. The van der Waals surface area contributed by atoms with Gasteiger partial charge >= 0.3 is 0 Å². The van der Waals surface area contributed by atoms with E-state index >= 15 is 0 Å².